The summed E-state index contributed by atoms with van der Waals surface area (Å²) in [6.45, 7) is 0.473. The summed E-state index contributed by atoms with van der Waals surface area (Å²) in [5.41, 5.74) is 2.66. The van der Waals surface area contributed by atoms with Crippen LogP contribution in [0.1, 0.15) is 0 Å². The second-order valence-electron chi connectivity index (χ2n) is 4.85. The van der Waals surface area contributed by atoms with Crippen molar-refractivity contribution in [1.29, 1.82) is 0 Å². The normalized spacial score (nSPS) is 11.9. The topological polar surface area (TPSA) is 37.5 Å². The third kappa shape index (κ3) is 3.67. The van der Waals surface area contributed by atoms with Gasteiger partial charge in [0.1, 0.15) is 0 Å². The maximum absolute atomic E-state index is 9.40. The van der Waals surface area contributed by atoms with Gasteiger partial charge in [0.15, 0.2) is 4.80 Å². The standard InChI is InChI=1S/C17H14Cl2N2OS/c18-12-6-7-14(15(19)10-12)16-11-23-17(21(16)8-9-22)20-13-4-2-1-3-5-13/h1-7,10-11,22H,8-9H2. The number of aliphatic hydroxyl groups is 1. The zero-order chi connectivity index (χ0) is 16.2. The Morgan fingerprint density at radius 3 is 2.57 bits per heavy atom. The molecule has 0 radical (unpaired) electrons. The van der Waals surface area contributed by atoms with E-state index in [1.807, 2.05) is 46.3 Å². The van der Waals surface area contributed by atoms with Crippen LogP contribution in [0.15, 0.2) is 58.9 Å². The highest BCUT2D eigenvalue weighted by Crippen LogP contribution is 2.30. The molecule has 1 aromatic heterocycles. The summed E-state index contributed by atoms with van der Waals surface area (Å²) < 4.78 is 1.97. The van der Waals surface area contributed by atoms with Gasteiger partial charge in [0.2, 0.25) is 0 Å². The Labute approximate surface area is 148 Å². The van der Waals surface area contributed by atoms with E-state index in [9.17, 15) is 5.11 Å². The van der Waals surface area contributed by atoms with Gasteiger partial charge in [-0.3, -0.25) is 0 Å². The van der Waals surface area contributed by atoms with Crippen LogP contribution in [-0.4, -0.2) is 16.3 Å². The van der Waals surface area contributed by atoms with Gasteiger partial charge in [0, 0.05) is 22.5 Å². The van der Waals surface area contributed by atoms with Crippen molar-refractivity contribution < 1.29 is 5.11 Å². The van der Waals surface area contributed by atoms with Gasteiger partial charge >= 0.3 is 0 Å². The van der Waals surface area contributed by atoms with Gasteiger partial charge in [0.25, 0.3) is 0 Å². The molecule has 3 aromatic rings. The second kappa shape index (κ2) is 7.32. The lowest BCUT2D eigenvalue weighted by Gasteiger charge is -2.09. The Balaban J connectivity index is 2.14. The average Bonchev–Trinajstić information content (AvgIpc) is 2.92. The molecule has 6 heteroatoms. The lowest BCUT2D eigenvalue weighted by Crippen LogP contribution is -2.17. The van der Waals surface area contributed by atoms with Crippen molar-refractivity contribution in [1.82, 2.24) is 4.57 Å². The largest absolute Gasteiger partial charge is 0.395 e. The summed E-state index contributed by atoms with van der Waals surface area (Å²) in [7, 11) is 0. The maximum atomic E-state index is 9.40. The zero-order valence-corrected chi connectivity index (χ0v) is 14.4. The van der Waals surface area contributed by atoms with E-state index in [0.717, 1.165) is 21.7 Å². The van der Waals surface area contributed by atoms with E-state index in [1.54, 1.807) is 12.1 Å². The van der Waals surface area contributed by atoms with Gasteiger partial charge in [-0.05, 0) is 30.3 Å². The van der Waals surface area contributed by atoms with Crippen molar-refractivity contribution in [2.75, 3.05) is 6.61 Å². The van der Waals surface area contributed by atoms with Crippen LogP contribution in [0.25, 0.3) is 11.3 Å². The minimum atomic E-state index is 0.0247. The highest BCUT2D eigenvalue weighted by molar-refractivity contribution is 7.07. The molecule has 0 saturated carbocycles. The SMILES string of the molecule is OCCn1c(-c2ccc(Cl)cc2Cl)csc1=Nc1ccccc1. The minimum absolute atomic E-state index is 0.0247. The second-order valence-corrected chi connectivity index (χ2v) is 6.53. The van der Waals surface area contributed by atoms with Crippen molar-refractivity contribution in [2.24, 2.45) is 4.99 Å². The van der Waals surface area contributed by atoms with E-state index in [2.05, 4.69) is 4.99 Å². The first kappa shape index (κ1) is 16.3. The third-order valence-corrected chi connectivity index (χ3v) is 4.72. The molecule has 0 amide bonds. The molecule has 2 aromatic carbocycles. The van der Waals surface area contributed by atoms with Crippen LogP contribution in [0.5, 0.6) is 0 Å². The van der Waals surface area contributed by atoms with Gasteiger partial charge in [-0.15, -0.1) is 11.3 Å². The summed E-state index contributed by atoms with van der Waals surface area (Å²) in [6.07, 6.45) is 0. The van der Waals surface area contributed by atoms with E-state index < -0.39 is 0 Å². The van der Waals surface area contributed by atoms with Gasteiger partial charge < -0.3 is 9.67 Å². The Morgan fingerprint density at radius 2 is 1.87 bits per heavy atom. The number of nitrogens with zero attached hydrogens (tertiary/aromatic N) is 2. The number of para-hydroxylation sites is 1. The number of aliphatic hydroxyl groups excluding tert-OH is 1. The van der Waals surface area contributed by atoms with Crippen LogP contribution >= 0.6 is 34.5 Å². The molecule has 0 spiro atoms. The first-order valence-corrected chi connectivity index (χ1v) is 8.67. The molecule has 0 saturated heterocycles. The Morgan fingerprint density at radius 1 is 1.09 bits per heavy atom. The molecule has 3 rings (SSSR count). The molecule has 0 aliphatic rings. The van der Waals surface area contributed by atoms with Crippen molar-refractivity contribution in [3.05, 3.63) is 68.8 Å². The summed E-state index contributed by atoms with van der Waals surface area (Å²) in [5, 5.41) is 12.6. The number of hydrogen-bond donors (Lipinski definition) is 1. The molecule has 0 atom stereocenters. The number of hydrogen-bond acceptors (Lipinski definition) is 3. The van der Waals surface area contributed by atoms with Crippen LogP contribution < -0.4 is 4.80 Å². The molecular formula is C17H14Cl2N2OS. The lowest BCUT2D eigenvalue weighted by molar-refractivity contribution is 0.275. The monoisotopic (exact) mass is 364 g/mol. The molecular weight excluding hydrogens is 351 g/mol. The molecule has 23 heavy (non-hydrogen) atoms. The van der Waals surface area contributed by atoms with Crippen molar-refractivity contribution in [3.63, 3.8) is 0 Å². The predicted molar refractivity (Wildman–Crippen MR) is 96.5 cm³/mol. The summed E-state index contributed by atoms with van der Waals surface area (Å²) in [4.78, 5) is 5.47. The lowest BCUT2D eigenvalue weighted by atomic mass is 10.1. The molecule has 1 N–H and O–H groups in total. The molecule has 0 aliphatic heterocycles. The first-order valence-electron chi connectivity index (χ1n) is 7.03. The number of halogens is 2. The summed E-state index contributed by atoms with van der Waals surface area (Å²) >= 11 is 13.8. The number of thiazole rings is 1. The first-order chi connectivity index (χ1) is 11.2. The number of benzene rings is 2. The maximum Gasteiger partial charge on any atom is 0.190 e. The van der Waals surface area contributed by atoms with Gasteiger partial charge in [0.05, 0.1) is 23.0 Å². The van der Waals surface area contributed by atoms with E-state index in [0.29, 0.717) is 16.6 Å². The summed E-state index contributed by atoms with van der Waals surface area (Å²) in [6, 6.07) is 15.1. The number of aromatic nitrogens is 1. The quantitative estimate of drug-likeness (QED) is 0.712. The van der Waals surface area contributed by atoms with Crippen molar-refractivity contribution >= 4 is 40.2 Å². The molecule has 0 aliphatic carbocycles. The van der Waals surface area contributed by atoms with Gasteiger partial charge in [-0.2, -0.15) is 0 Å². The molecule has 0 unspecified atom stereocenters. The minimum Gasteiger partial charge on any atom is -0.395 e. The Bertz CT molecular complexity index is 872. The van der Waals surface area contributed by atoms with Crippen LogP contribution in [0.4, 0.5) is 5.69 Å². The van der Waals surface area contributed by atoms with Crippen LogP contribution in [0.2, 0.25) is 10.0 Å². The van der Waals surface area contributed by atoms with E-state index in [-0.39, 0.29) is 6.61 Å². The smallest absolute Gasteiger partial charge is 0.190 e. The molecule has 118 valence electrons. The van der Waals surface area contributed by atoms with Crippen LogP contribution in [0.3, 0.4) is 0 Å². The van der Waals surface area contributed by atoms with Crippen molar-refractivity contribution in [2.45, 2.75) is 6.54 Å². The fourth-order valence-electron chi connectivity index (χ4n) is 2.26. The van der Waals surface area contributed by atoms with Gasteiger partial charge in [-0.1, -0.05) is 41.4 Å². The predicted octanol–water partition coefficient (Wildman–Crippen LogP) is 4.75. The zero-order valence-electron chi connectivity index (χ0n) is 12.1. The molecule has 0 fully saturated rings. The fourth-order valence-corrected chi connectivity index (χ4v) is 3.71. The third-order valence-electron chi connectivity index (χ3n) is 3.31. The van der Waals surface area contributed by atoms with Crippen molar-refractivity contribution in [3.8, 4) is 11.3 Å². The molecule has 0 bridgehead atoms. The van der Waals surface area contributed by atoms with E-state index in [4.69, 9.17) is 23.2 Å². The van der Waals surface area contributed by atoms with E-state index in [1.165, 1.54) is 11.3 Å². The van der Waals surface area contributed by atoms with Crippen LogP contribution in [0, 0.1) is 0 Å². The molecule has 1 heterocycles. The summed E-state index contributed by atoms with van der Waals surface area (Å²) in [5.74, 6) is 0. The Hall–Kier alpha value is -1.59. The number of rotatable bonds is 4. The molecule has 3 nitrogen and oxygen atoms in total. The van der Waals surface area contributed by atoms with Crippen LogP contribution in [-0.2, 0) is 6.54 Å². The Kier molecular flexibility index (Phi) is 5.18. The average molecular weight is 365 g/mol. The highest BCUT2D eigenvalue weighted by atomic mass is 35.5. The van der Waals surface area contributed by atoms with Gasteiger partial charge in [-0.25, -0.2) is 4.99 Å². The highest BCUT2D eigenvalue weighted by Gasteiger charge is 2.11. The van der Waals surface area contributed by atoms with E-state index >= 15 is 0 Å². The fraction of sp³-hybridized carbons (Fsp3) is 0.118.